The molecule has 0 unspecified atom stereocenters. The largest absolute Gasteiger partial charge is 0.494 e. The predicted octanol–water partition coefficient (Wildman–Crippen LogP) is 4.10. The Kier molecular flexibility index (Phi) is 4.85. The fraction of sp³-hybridized carbons (Fsp3) is 0.760. The van der Waals surface area contributed by atoms with E-state index in [1.165, 1.54) is 56.4 Å². The second-order valence-corrected chi connectivity index (χ2v) is 11.8. The molecule has 0 amide bonds. The molecule has 5 rings (SSSR count). The molecule has 0 N–H and O–H groups in total. The van der Waals surface area contributed by atoms with Crippen molar-refractivity contribution >= 4 is 18.3 Å². The van der Waals surface area contributed by atoms with Crippen molar-refractivity contribution in [1.29, 1.82) is 0 Å². The zero-order chi connectivity index (χ0) is 21.3. The molecule has 4 aliphatic rings. The van der Waals surface area contributed by atoms with Crippen molar-refractivity contribution in [2.75, 3.05) is 24.5 Å². The maximum Gasteiger partial charge on any atom is 0.494 e. The van der Waals surface area contributed by atoms with E-state index in [0.29, 0.717) is 6.04 Å². The highest BCUT2D eigenvalue weighted by molar-refractivity contribution is 6.62. The molecule has 2 saturated heterocycles. The number of anilines is 1. The lowest BCUT2D eigenvalue weighted by Crippen LogP contribution is -2.55. The Morgan fingerprint density at radius 3 is 2.13 bits per heavy atom. The molecular formula is C25H39BN2O2. The SMILES string of the molecule is CC1(C)CN([C@H]2C[C@@H](N3CCCCC3)C2)c2cc(B3OC(C)(C)C(C)(C)O3)ccc21. The van der Waals surface area contributed by atoms with Gasteiger partial charge in [-0.3, -0.25) is 0 Å². The van der Waals surface area contributed by atoms with Crippen LogP contribution in [0.4, 0.5) is 5.69 Å². The summed E-state index contributed by atoms with van der Waals surface area (Å²) in [4.78, 5) is 5.45. The van der Waals surface area contributed by atoms with Gasteiger partial charge >= 0.3 is 7.12 Å². The van der Waals surface area contributed by atoms with E-state index >= 15 is 0 Å². The molecule has 0 radical (unpaired) electrons. The first-order valence-electron chi connectivity index (χ1n) is 12.1. The quantitative estimate of drug-likeness (QED) is 0.701. The molecule has 0 atom stereocenters. The minimum atomic E-state index is -0.300. The van der Waals surface area contributed by atoms with Gasteiger partial charge in [-0.1, -0.05) is 32.4 Å². The number of piperidine rings is 1. The van der Waals surface area contributed by atoms with Crippen molar-refractivity contribution in [2.45, 2.75) is 102 Å². The van der Waals surface area contributed by atoms with Crippen LogP contribution in [-0.4, -0.2) is 54.9 Å². The van der Waals surface area contributed by atoms with Gasteiger partial charge in [0.15, 0.2) is 0 Å². The topological polar surface area (TPSA) is 24.9 Å². The highest BCUT2D eigenvalue weighted by Gasteiger charge is 2.52. The lowest BCUT2D eigenvalue weighted by molar-refractivity contribution is 0.00578. The lowest BCUT2D eigenvalue weighted by atomic mass is 9.77. The average Bonchev–Trinajstić information content (AvgIpc) is 3.03. The summed E-state index contributed by atoms with van der Waals surface area (Å²) in [6, 6.07) is 8.39. The molecule has 1 aliphatic carbocycles. The second-order valence-electron chi connectivity index (χ2n) is 11.8. The molecule has 0 aromatic heterocycles. The first-order chi connectivity index (χ1) is 14.1. The average molecular weight is 410 g/mol. The Balaban J connectivity index is 1.36. The van der Waals surface area contributed by atoms with Crippen molar-refractivity contribution in [2.24, 2.45) is 0 Å². The van der Waals surface area contributed by atoms with E-state index in [1.54, 1.807) is 0 Å². The van der Waals surface area contributed by atoms with Crippen molar-refractivity contribution in [1.82, 2.24) is 4.90 Å². The van der Waals surface area contributed by atoms with E-state index in [4.69, 9.17) is 9.31 Å². The lowest BCUT2D eigenvalue weighted by Gasteiger charge is -2.48. The summed E-state index contributed by atoms with van der Waals surface area (Å²) in [6.07, 6.45) is 6.82. The molecule has 0 bridgehead atoms. The third-order valence-electron chi connectivity index (χ3n) is 8.59. The smallest absolute Gasteiger partial charge is 0.399 e. The standard InChI is InChI=1S/C25H39BN2O2/c1-23(2)17-28(20-15-19(16-20)27-12-8-7-9-13-27)22-14-18(10-11-21(22)23)26-29-24(3,4)25(5,6)30-26/h10-11,14,19-20H,7-9,12-13,15-17H2,1-6H3/t19-,20+. The Hall–Kier alpha value is -1.04. The zero-order valence-electron chi connectivity index (χ0n) is 19.8. The third-order valence-corrected chi connectivity index (χ3v) is 8.59. The molecular weight excluding hydrogens is 371 g/mol. The molecule has 3 aliphatic heterocycles. The van der Waals surface area contributed by atoms with Crippen LogP contribution in [0.2, 0.25) is 0 Å². The van der Waals surface area contributed by atoms with Gasteiger partial charge < -0.3 is 19.1 Å². The molecule has 0 spiro atoms. The highest BCUT2D eigenvalue weighted by Crippen LogP contribution is 2.45. The Morgan fingerprint density at radius 2 is 1.50 bits per heavy atom. The van der Waals surface area contributed by atoms with E-state index in [0.717, 1.165) is 18.0 Å². The molecule has 164 valence electrons. The first kappa shape index (κ1) is 20.8. The van der Waals surface area contributed by atoms with Gasteiger partial charge in [-0.15, -0.1) is 0 Å². The Bertz CT molecular complexity index is 793. The van der Waals surface area contributed by atoms with Gasteiger partial charge in [0.05, 0.1) is 11.2 Å². The molecule has 3 fully saturated rings. The van der Waals surface area contributed by atoms with Crippen LogP contribution in [0.1, 0.15) is 79.2 Å². The molecule has 1 aromatic carbocycles. The number of benzene rings is 1. The number of hydrogen-bond acceptors (Lipinski definition) is 4. The second kappa shape index (κ2) is 6.98. The van der Waals surface area contributed by atoms with Crippen LogP contribution in [-0.2, 0) is 14.7 Å². The molecule has 1 saturated carbocycles. The van der Waals surface area contributed by atoms with E-state index in [-0.39, 0.29) is 23.7 Å². The van der Waals surface area contributed by atoms with E-state index in [1.807, 2.05) is 0 Å². The van der Waals surface area contributed by atoms with Gasteiger partial charge in [0, 0.05) is 29.7 Å². The Labute approximate surface area is 183 Å². The van der Waals surface area contributed by atoms with Gasteiger partial charge in [-0.05, 0) is 83.6 Å². The van der Waals surface area contributed by atoms with Crippen molar-refractivity contribution in [3.63, 3.8) is 0 Å². The molecule has 1 aromatic rings. The Morgan fingerprint density at radius 1 is 0.867 bits per heavy atom. The summed E-state index contributed by atoms with van der Waals surface area (Å²) in [6.45, 7) is 17.0. The molecule has 30 heavy (non-hydrogen) atoms. The van der Waals surface area contributed by atoms with Gasteiger partial charge in [0.2, 0.25) is 0 Å². The summed E-state index contributed by atoms with van der Waals surface area (Å²) in [5.41, 5.74) is 3.64. The molecule has 4 nitrogen and oxygen atoms in total. The normalized spacial score (nSPS) is 32.2. The number of rotatable bonds is 3. The van der Waals surface area contributed by atoms with Crippen LogP contribution in [0, 0.1) is 0 Å². The fourth-order valence-corrected chi connectivity index (χ4v) is 5.80. The summed E-state index contributed by atoms with van der Waals surface area (Å²) in [7, 11) is -0.284. The fourth-order valence-electron chi connectivity index (χ4n) is 5.80. The van der Waals surface area contributed by atoms with Gasteiger partial charge in [-0.25, -0.2) is 0 Å². The van der Waals surface area contributed by atoms with Gasteiger partial charge in [0.25, 0.3) is 0 Å². The summed E-state index contributed by atoms with van der Waals surface area (Å²) in [5, 5.41) is 0. The van der Waals surface area contributed by atoms with Crippen molar-refractivity contribution in [3.05, 3.63) is 23.8 Å². The number of hydrogen-bond donors (Lipinski definition) is 0. The zero-order valence-corrected chi connectivity index (χ0v) is 19.8. The minimum absolute atomic E-state index is 0.194. The monoisotopic (exact) mass is 410 g/mol. The van der Waals surface area contributed by atoms with Crippen molar-refractivity contribution < 1.29 is 9.31 Å². The summed E-state index contributed by atoms with van der Waals surface area (Å²) < 4.78 is 12.7. The predicted molar refractivity (Wildman–Crippen MR) is 125 cm³/mol. The van der Waals surface area contributed by atoms with E-state index < -0.39 is 0 Å². The van der Waals surface area contributed by atoms with Crippen LogP contribution in [0.5, 0.6) is 0 Å². The first-order valence-corrected chi connectivity index (χ1v) is 12.1. The van der Waals surface area contributed by atoms with Gasteiger partial charge in [-0.2, -0.15) is 0 Å². The third kappa shape index (κ3) is 3.32. The number of nitrogens with zero attached hydrogens (tertiary/aromatic N) is 2. The highest BCUT2D eigenvalue weighted by atomic mass is 16.7. The van der Waals surface area contributed by atoms with Crippen LogP contribution >= 0.6 is 0 Å². The number of fused-ring (bicyclic) bond motifs is 1. The summed E-state index contributed by atoms with van der Waals surface area (Å²) >= 11 is 0. The van der Waals surface area contributed by atoms with E-state index in [2.05, 4.69) is 69.5 Å². The van der Waals surface area contributed by atoms with Crippen LogP contribution in [0.3, 0.4) is 0 Å². The van der Waals surface area contributed by atoms with Gasteiger partial charge in [0.1, 0.15) is 0 Å². The minimum Gasteiger partial charge on any atom is -0.399 e. The maximum absolute atomic E-state index is 6.35. The molecule has 3 heterocycles. The van der Waals surface area contributed by atoms with Crippen molar-refractivity contribution in [3.8, 4) is 0 Å². The maximum atomic E-state index is 6.35. The summed E-state index contributed by atoms with van der Waals surface area (Å²) in [5.74, 6) is 0. The van der Waals surface area contributed by atoms with Crippen LogP contribution in [0.25, 0.3) is 0 Å². The van der Waals surface area contributed by atoms with Crippen LogP contribution in [0.15, 0.2) is 18.2 Å². The number of likely N-dealkylation sites (tertiary alicyclic amines) is 1. The van der Waals surface area contributed by atoms with E-state index in [9.17, 15) is 0 Å². The molecule has 5 heteroatoms. The van der Waals surface area contributed by atoms with Crippen LogP contribution < -0.4 is 10.4 Å².